The SMILES string of the molecule is CC(C)[C@H](N)C(=O)Nc1ccc(Br)c(Cl)c1Cl. The van der Waals surface area contributed by atoms with Crippen molar-refractivity contribution in [1.29, 1.82) is 0 Å². The van der Waals surface area contributed by atoms with Crippen molar-refractivity contribution in [1.82, 2.24) is 0 Å². The highest BCUT2D eigenvalue weighted by atomic mass is 79.9. The number of halogens is 3. The molecule has 0 aliphatic rings. The molecule has 1 aromatic rings. The van der Waals surface area contributed by atoms with E-state index in [0.29, 0.717) is 20.2 Å². The van der Waals surface area contributed by atoms with Crippen LogP contribution in [0.15, 0.2) is 16.6 Å². The van der Waals surface area contributed by atoms with Crippen LogP contribution in [0.5, 0.6) is 0 Å². The Kier molecular flexibility index (Phi) is 5.25. The minimum absolute atomic E-state index is 0.0553. The van der Waals surface area contributed by atoms with Crippen molar-refractivity contribution < 1.29 is 4.79 Å². The second-order valence-electron chi connectivity index (χ2n) is 3.98. The van der Waals surface area contributed by atoms with E-state index < -0.39 is 6.04 Å². The number of anilines is 1. The van der Waals surface area contributed by atoms with E-state index in [9.17, 15) is 4.79 Å². The van der Waals surface area contributed by atoms with Gasteiger partial charge < -0.3 is 11.1 Å². The summed E-state index contributed by atoms with van der Waals surface area (Å²) in [5, 5.41) is 3.32. The summed E-state index contributed by atoms with van der Waals surface area (Å²) in [7, 11) is 0. The van der Waals surface area contributed by atoms with E-state index in [1.54, 1.807) is 12.1 Å². The number of nitrogens with one attached hydrogen (secondary N) is 1. The van der Waals surface area contributed by atoms with Gasteiger partial charge in [-0.05, 0) is 34.0 Å². The smallest absolute Gasteiger partial charge is 0.241 e. The monoisotopic (exact) mass is 338 g/mol. The second-order valence-corrected chi connectivity index (χ2v) is 5.59. The summed E-state index contributed by atoms with van der Waals surface area (Å²) >= 11 is 15.2. The summed E-state index contributed by atoms with van der Waals surface area (Å²) in [6.45, 7) is 3.75. The summed E-state index contributed by atoms with van der Waals surface area (Å²) in [5.41, 5.74) is 6.19. The first-order valence-electron chi connectivity index (χ1n) is 5.04. The van der Waals surface area contributed by atoms with E-state index >= 15 is 0 Å². The lowest BCUT2D eigenvalue weighted by atomic mass is 10.1. The molecule has 1 atom stereocenters. The molecule has 1 amide bonds. The highest BCUT2D eigenvalue weighted by molar-refractivity contribution is 9.10. The number of carbonyl (C=O) groups excluding carboxylic acids is 1. The Morgan fingerprint density at radius 2 is 1.94 bits per heavy atom. The maximum atomic E-state index is 11.8. The maximum Gasteiger partial charge on any atom is 0.241 e. The molecule has 3 nitrogen and oxygen atoms in total. The van der Waals surface area contributed by atoms with Gasteiger partial charge in [0.2, 0.25) is 5.91 Å². The molecule has 3 N–H and O–H groups in total. The summed E-state index contributed by atoms with van der Waals surface area (Å²) in [6, 6.07) is 2.81. The van der Waals surface area contributed by atoms with E-state index in [1.165, 1.54) is 0 Å². The Labute approximate surface area is 119 Å². The first-order valence-corrected chi connectivity index (χ1v) is 6.59. The van der Waals surface area contributed by atoms with Gasteiger partial charge in [0.05, 0.1) is 21.8 Å². The molecule has 6 heteroatoms. The number of benzene rings is 1. The van der Waals surface area contributed by atoms with Gasteiger partial charge in [-0.3, -0.25) is 4.79 Å². The fourth-order valence-electron chi connectivity index (χ4n) is 1.14. The molecule has 0 spiro atoms. The summed E-state index contributed by atoms with van der Waals surface area (Å²) < 4.78 is 0.676. The Bertz CT molecular complexity index is 438. The molecule has 0 saturated heterocycles. The highest BCUT2D eigenvalue weighted by Crippen LogP contribution is 2.35. The third-order valence-electron chi connectivity index (χ3n) is 2.31. The van der Waals surface area contributed by atoms with Crippen LogP contribution in [-0.4, -0.2) is 11.9 Å². The van der Waals surface area contributed by atoms with Gasteiger partial charge in [0, 0.05) is 4.47 Å². The molecular weight excluding hydrogens is 327 g/mol. The molecule has 0 aromatic heterocycles. The predicted octanol–water partition coefficient (Wildman–Crippen LogP) is 3.68. The van der Waals surface area contributed by atoms with Gasteiger partial charge in [-0.1, -0.05) is 37.0 Å². The van der Waals surface area contributed by atoms with Crippen LogP contribution in [0.4, 0.5) is 5.69 Å². The minimum Gasteiger partial charge on any atom is -0.323 e. The van der Waals surface area contributed by atoms with Crippen molar-refractivity contribution >= 4 is 50.7 Å². The zero-order valence-corrected chi connectivity index (χ0v) is 12.5. The Hall–Kier alpha value is -0.290. The lowest BCUT2D eigenvalue weighted by Crippen LogP contribution is -2.39. The second kappa shape index (κ2) is 6.05. The average molecular weight is 340 g/mol. The van der Waals surface area contributed by atoms with E-state index in [1.807, 2.05) is 13.8 Å². The van der Waals surface area contributed by atoms with Crippen molar-refractivity contribution in [2.75, 3.05) is 5.32 Å². The molecule has 0 saturated carbocycles. The van der Waals surface area contributed by atoms with Crippen molar-refractivity contribution in [3.63, 3.8) is 0 Å². The van der Waals surface area contributed by atoms with Crippen LogP contribution in [0.2, 0.25) is 10.0 Å². The van der Waals surface area contributed by atoms with Gasteiger partial charge in [0.1, 0.15) is 0 Å². The molecular formula is C11H13BrCl2N2O. The van der Waals surface area contributed by atoms with Gasteiger partial charge in [-0.2, -0.15) is 0 Å². The number of hydrogen-bond donors (Lipinski definition) is 2. The van der Waals surface area contributed by atoms with Crippen molar-refractivity contribution in [3.05, 3.63) is 26.7 Å². The number of nitrogens with two attached hydrogens (primary N) is 1. The maximum absolute atomic E-state index is 11.8. The van der Waals surface area contributed by atoms with Crippen LogP contribution in [0, 0.1) is 5.92 Å². The van der Waals surface area contributed by atoms with Crippen LogP contribution < -0.4 is 11.1 Å². The van der Waals surface area contributed by atoms with Gasteiger partial charge in [0.15, 0.2) is 0 Å². The molecule has 17 heavy (non-hydrogen) atoms. The largest absolute Gasteiger partial charge is 0.323 e. The van der Waals surface area contributed by atoms with E-state index in [4.69, 9.17) is 28.9 Å². The Morgan fingerprint density at radius 3 is 2.47 bits per heavy atom. The quantitative estimate of drug-likeness (QED) is 0.825. The molecule has 0 bridgehead atoms. The van der Waals surface area contributed by atoms with Crippen LogP contribution in [-0.2, 0) is 4.79 Å². The number of hydrogen-bond acceptors (Lipinski definition) is 2. The Balaban J connectivity index is 2.90. The summed E-state index contributed by atoms with van der Waals surface area (Å²) in [6.07, 6.45) is 0. The fourth-order valence-corrected chi connectivity index (χ4v) is 1.96. The van der Waals surface area contributed by atoms with Crippen LogP contribution in [0.3, 0.4) is 0 Å². The van der Waals surface area contributed by atoms with E-state index in [-0.39, 0.29) is 11.8 Å². The van der Waals surface area contributed by atoms with E-state index in [2.05, 4.69) is 21.2 Å². The molecule has 0 aliphatic heterocycles. The number of rotatable bonds is 3. The van der Waals surface area contributed by atoms with Crippen LogP contribution in [0.25, 0.3) is 0 Å². The third-order valence-corrected chi connectivity index (χ3v) is 4.09. The first-order chi connectivity index (χ1) is 7.84. The van der Waals surface area contributed by atoms with Gasteiger partial charge in [-0.15, -0.1) is 0 Å². The molecule has 0 aliphatic carbocycles. The van der Waals surface area contributed by atoms with Crippen LogP contribution >= 0.6 is 39.1 Å². The normalized spacial score (nSPS) is 12.6. The number of amides is 1. The summed E-state index contributed by atoms with van der Waals surface area (Å²) in [4.78, 5) is 11.8. The van der Waals surface area contributed by atoms with Gasteiger partial charge in [0.25, 0.3) is 0 Å². The zero-order chi connectivity index (χ0) is 13.2. The molecule has 0 fully saturated rings. The molecule has 0 radical (unpaired) electrons. The minimum atomic E-state index is -0.575. The standard InChI is InChI=1S/C11H13BrCl2N2O/c1-5(2)10(15)11(17)16-7-4-3-6(12)8(13)9(7)14/h3-5,10H,15H2,1-2H3,(H,16,17)/t10-/m0/s1. The Morgan fingerprint density at radius 1 is 1.35 bits per heavy atom. The molecule has 0 heterocycles. The zero-order valence-electron chi connectivity index (χ0n) is 9.43. The summed E-state index contributed by atoms with van der Waals surface area (Å²) in [5.74, 6) is -0.222. The predicted molar refractivity (Wildman–Crippen MR) is 75.6 cm³/mol. The molecule has 1 aromatic carbocycles. The lowest BCUT2D eigenvalue weighted by Gasteiger charge is -2.16. The first kappa shape index (κ1) is 14.8. The van der Waals surface area contributed by atoms with Gasteiger partial charge >= 0.3 is 0 Å². The van der Waals surface area contributed by atoms with Crippen LogP contribution in [0.1, 0.15) is 13.8 Å². The van der Waals surface area contributed by atoms with E-state index in [0.717, 1.165) is 0 Å². The molecule has 1 rings (SSSR count). The average Bonchev–Trinajstić information content (AvgIpc) is 2.28. The van der Waals surface area contributed by atoms with Gasteiger partial charge in [-0.25, -0.2) is 0 Å². The topological polar surface area (TPSA) is 55.1 Å². The fraction of sp³-hybridized carbons (Fsp3) is 0.364. The lowest BCUT2D eigenvalue weighted by molar-refractivity contribution is -0.118. The molecule has 94 valence electrons. The highest BCUT2D eigenvalue weighted by Gasteiger charge is 2.19. The van der Waals surface area contributed by atoms with Crippen molar-refractivity contribution in [3.8, 4) is 0 Å². The molecule has 0 unspecified atom stereocenters. The van der Waals surface area contributed by atoms with Crippen molar-refractivity contribution in [2.24, 2.45) is 11.7 Å². The number of carbonyl (C=O) groups is 1. The van der Waals surface area contributed by atoms with Crippen molar-refractivity contribution in [2.45, 2.75) is 19.9 Å². The third kappa shape index (κ3) is 3.58.